The first-order valence-electron chi connectivity index (χ1n) is 10.5. The number of rotatable bonds is 5. The molecule has 172 valence electrons. The fraction of sp³-hybridized carbons (Fsp3) is 0.429. The third-order valence-corrected chi connectivity index (χ3v) is 8.70. The lowest BCUT2D eigenvalue weighted by molar-refractivity contribution is 0.0693. The summed E-state index contributed by atoms with van der Waals surface area (Å²) >= 11 is 1.33. The van der Waals surface area contributed by atoms with Gasteiger partial charge in [-0.25, -0.2) is 0 Å². The monoisotopic (exact) mass is 477 g/mol. The van der Waals surface area contributed by atoms with Crippen LogP contribution in [0, 0.1) is 0 Å². The Balaban J connectivity index is 1.40. The fourth-order valence-corrected chi connectivity index (χ4v) is 6.04. The summed E-state index contributed by atoms with van der Waals surface area (Å²) < 4.78 is 28.9. The molecular formula is C21H27N5O4S2. The van der Waals surface area contributed by atoms with E-state index in [1.807, 2.05) is 12.4 Å². The van der Waals surface area contributed by atoms with Crippen molar-refractivity contribution in [2.75, 3.05) is 64.7 Å². The number of hydrogen-bond acceptors (Lipinski definition) is 6. The van der Waals surface area contributed by atoms with Crippen molar-refractivity contribution in [2.45, 2.75) is 0 Å². The number of hydrogen-bond donors (Lipinski definition) is 1. The topological polar surface area (TPSA) is 93.3 Å². The number of benzene rings is 1. The number of para-hydroxylation sites is 1. The average Bonchev–Trinajstić information content (AvgIpc) is 3.35. The minimum atomic E-state index is -3.53. The Morgan fingerprint density at radius 2 is 1.50 bits per heavy atom. The predicted octanol–water partition coefficient (Wildman–Crippen LogP) is 1.25. The highest BCUT2D eigenvalue weighted by atomic mass is 32.2. The number of piperazine rings is 2. The van der Waals surface area contributed by atoms with Crippen LogP contribution >= 0.6 is 11.3 Å². The second-order valence-electron chi connectivity index (χ2n) is 7.88. The van der Waals surface area contributed by atoms with Crippen LogP contribution in [0.4, 0.5) is 5.69 Å². The molecule has 0 bridgehead atoms. The Hall–Kier alpha value is -2.31. The van der Waals surface area contributed by atoms with Gasteiger partial charge in [-0.05, 0) is 30.6 Å². The van der Waals surface area contributed by atoms with Crippen molar-refractivity contribution in [1.29, 1.82) is 0 Å². The molecule has 1 aromatic carbocycles. The van der Waals surface area contributed by atoms with Crippen molar-refractivity contribution in [2.24, 2.45) is 0 Å². The van der Waals surface area contributed by atoms with Gasteiger partial charge in [0.1, 0.15) is 0 Å². The SMILES string of the molecule is CN1CCN(S(=O)(=O)N2CCN(C(=O)c3ccccc3NC(=O)c3cccs3)CC2)CC1. The molecule has 0 unspecified atom stereocenters. The van der Waals surface area contributed by atoms with Gasteiger partial charge in [0.2, 0.25) is 0 Å². The molecule has 2 fully saturated rings. The van der Waals surface area contributed by atoms with E-state index in [2.05, 4.69) is 10.2 Å². The van der Waals surface area contributed by atoms with Gasteiger partial charge in [-0.2, -0.15) is 17.0 Å². The molecule has 3 heterocycles. The maximum atomic E-state index is 13.2. The molecule has 4 rings (SSSR count). The normalized spacial score (nSPS) is 19.1. The van der Waals surface area contributed by atoms with Crippen molar-refractivity contribution in [3.63, 3.8) is 0 Å². The number of nitrogens with zero attached hydrogens (tertiary/aromatic N) is 4. The smallest absolute Gasteiger partial charge is 0.282 e. The average molecular weight is 478 g/mol. The predicted molar refractivity (Wildman–Crippen MR) is 124 cm³/mol. The zero-order chi connectivity index (χ0) is 22.7. The van der Waals surface area contributed by atoms with E-state index in [1.165, 1.54) is 19.9 Å². The highest BCUT2D eigenvalue weighted by Gasteiger charge is 2.35. The maximum absolute atomic E-state index is 13.2. The van der Waals surface area contributed by atoms with E-state index < -0.39 is 10.2 Å². The van der Waals surface area contributed by atoms with E-state index in [1.54, 1.807) is 41.3 Å². The minimum absolute atomic E-state index is 0.219. The van der Waals surface area contributed by atoms with Gasteiger partial charge >= 0.3 is 0 Å². The zero-order valence-corrected chi connectivity index (χ0v) is 19.6. The van der Waals surface area contributed by atoms with E-state index in [9.17, 15) is 18.0 Å². The lowest BCUT2D eigenvalue weighted by Gasteiger charge is -2.39. The number of anilines is 1. The summed E-state index contributed by atoms with van der Waals surface area (Å²) in [4.78, 5) is 29.9. The molecule has 9 nitrogen and oxygen atoms in total. The van der Waals surface area contributed by atoms with Crippen LogP contribution in [0.15, 0.2) is 41.8 Å². The quantitative estimate of drug-likeness (QED) is 0.700. The third kappa shape index (κ3) is 4.86. The summed E-state index contributed by atoms with van der Waals surface area (Å²) in [5, 5.41) is 4.64. The fourth-order valence-electron chi connectivity index (χ4n) is 3.84. The molecule has 32 heavy (non-hydrogen) atoms. The molecule has 1 N–H and O–H groups in total. The lowest BCUT2D eigenvalue weighted by atomic mass is 10.1. The first-order valence-corrected chi connectivity index (χ1v) is 12.8. The van der Waals surface area contributed by atoms with Gasteiger partial charge in [0.25, 0.3) is 22.0 Å². The Morgan fingerprint density at radius 3 is 2.12 bits per heavy atom. The van der Waals surface area contributed by atoms with Crippen LogP contribution in [0.5, 0.6) is 0 Å². The van der Waals surface area contributed by atoms with Crippen LogP contribution < -0.4 is 5.32 Å². The van der Waals surface area contributed by atoms with E-state index in [4.69, 9.17) is 0 Å². The van der Waals surface area contributed by atoms with E-state index in [-0.39, 0.29) is 24.9 Å². The first-order chi connectivity index (χ1) is 15.4. The molecule has 0 aliphatic carbocycles. The van der Waals surface area contributed by atoms with Crippen molar-refractivity contribution in [3.8, 4) is 0 Å². The summed E-state index contributed by atoms with van der Waals surface area (Å²) in [6.07, 6.45) is 0. The van der Waals surface area contributed by atoms with Crippen LogP contribution in [-0.2, 0) is 10.2 Å². The summed E-state index contributed by atoms with van der Waals surface area (Å²) in [6.45, 7) is 3.51. The van der Waals surface area contributed by atoms with E-state index in [0.717, 1.165) is 0 Å². The molecule has 0 spiro atoms. The molecule has 1 aromatic heterocycles. The molecule has 0 radical (unpaired) electrons. The van der Waals surface area contributed by atoms with Gasteiger partial charge in [0.15, 0.2) is 0 Å². The molecule has 2 aliphatic rings. The molecule has 0 atom stereocenters. The molecular weight excluding hydrogens is 450 g/mol. The largest absolute Gasteiger partial charge is 0.336 e. The molecule has 2 saturated heterocycles. The summed E-state index contributed by atoms with van der Waals surface area (Å²) in [5.41, 5.74) is 0.844. The zero-order valence-electron chi connectivity index (χ0n) is 17.9. The van der Waals surface area contributed by atoms with Crippen molar-refractivity contribution < 1.29 is 18.0 Å². The minimum Gasteiger partial charge on any atom is -0.336 e. The number of likely N-dealkylation sites (N-methyl/N-ethyl adjacent to an activating group) is 1. The van der Waals surface area contributed by atoms with Gasteiger partial charge < -0.3 is 15.1 Å². The van der Waals surface area contributed by atoms with Crippen molar-refractivity contribution in [1.82, 2.24) is 18.4 Å². The molecule has 2 amide bonds. The van der Waals surface area contributed by atoms with Crippen LogP contribution in [0.2, 0.25) is 0 Å². The lowest BCUT2D eigenvalue weighted by Crippen LogP contribution is -2.57. The van der Waals surface area contributed by atoms with Gasteiger partial charge in [-0.15, -0.1) is 11.3 Å². The van der Waals surface area contributed by atoms with E-state index >= 15 is 0 Å². The molecule has 2 aromatic rings. The second-order valence-corrected chi connectivity index (χ2v) is 10.8. The van der Waals surface area contributed by atoms with Crippen LogP contribution in [0.1, 0.15) is 20.0 Å². The Labute approximate surface area is 192 Å². The van der Waals surface area contributed by atoms with Crippen LogP contribution in [0.3, 0.4) is 0 Å². The number of carbonyl (C=O) groups excluding carboxylic acids is 2. The maximum Gasteiger partial charge on any atom is 0.282 e. The number of carbonyl (C=O) groups is 2. The Morgan fingerprint density at radius 1 is 0.875 bits per heavy atom. The Bertz CT molecular complexity index is 1060. The van der Waals surface area contributed by atoms with Crippen LogP contribution in [0.25, 0.3) is 0 Å². The van der Waals surface area contributed by atoms with Crippen LogP contribution in [-0.4, -0.2) is 98.0 Å². The third-order valence-electron chi connectivity index (χ3n) is 5.79. The van der Waals surface area contributed by atoms with Gasteiger partial charge in [0, 0.05) is 52.4 Å². The Kier molecular flexibility index (Phi) is 6.91. The summed E-state index contributed by atoms with van der Waals surface area (Å²) in [7, 11) is -1.54. The summed E-state index contributed by atoms with van der Waals surface area (Å²) in [6, 6.07) is 10.4. The highest BCUT2D eigenvalue weighted by molar-refractivity contribution is 7.86. The molecule has 11 heteroatoms. The van der Waals surface area contributed by atoms with Gasteiger partial charge in [-0.1, -0.05) is 18.2 Å². The summed E-state index contributed by atoms with van der Waals surface area (Å²) in [5.74, 6) is -0.480. The molecule has 0 saturated carbocycles. The first kappa shape index (κ1) is 22.9. The standard InChI is InChI=1S/C21H27N5O4S2/c1-23-8-12-25(13-9-23)32(29,30)26-14-10-24(11-15-26)21(28)17-5-2-3-6-18(17)22-20(27)19-7-4-16-31-19/h2-7,16H,8-15H2,1H3,(H,22,27). The molecule has 2 aliphatic heterocycles. The van der Waals surface area contributed by atoms with Crippen molar-refractivity contribution >= 4 is 39.0 Å². The van der Waals surface area contributed by atoms with E-state index in [0.29, 0.717) is 55.4 Å². The number of amides is 2. The van der Waals surface area contributed by atoms with Gasteiger partial charge in [-0.3, -0.25) is 9.59 Å². The number of nitrogens with one attached hydrogen (secondary N) is 1. The van der Waals surface area contributed by atoms with Crippen molar-refractivity contribution in [3.05, 3.63) is 52.2 Å². The highest BCUT2D eigenvalue weighted by Crippen LogP contribution is 2.21. The number of thiophene rings is 1. The second kappa shape index (κ2) is 9.67. The van der Waals surface area contributed by atoms with Gasteiger partial charge in [0.05, 0.1) is 16.1 Å².